The first-order chi connectivity index (χ1) is 34.1. The number of nitrogens with zero attached hydrogens (tertiary/aromatic N) is 10. The number of imidazole rings is 1. The number of allylic oxidation sites excluding steroid dienone is 2. The molecule has 7 aromatic rings. The Bertz CT molecular complexity index is 3370. The van der Waals surface area contributed by atoms with E-state index in [9.17, 15) is 28.8 Å². The minimum Gasteiger partial charge on any atom is -0.494 e. The van der Waals surface area contributed by atoms with Gasteiger partial charge in [0.15, 0.2) is 5.82 Å². The van der Waals surface area contributed by atoms with E-state index in [0.29, 0.717) is 93.3 Å². The zero-order valence-corrected chi connectivity index (χ0v) is 40.5. The molecular weight excluding hydrogens is 931 g/mol. The summed E-state index contributed by atoms with van der Waals surface area (Å²) in [5, 5.41) is 9.63. The number of imide groups is 1. The molecule has 7 heterocycles. The number of thiazole rings is 1. The van der Waals surface area contributed by atoms with E-state index in [0.717, 1.165) is 21.3 Å². The normalized spacial score (nSPS) is 13.9. The third-order valence-electron chi connectivity index (χ3n) is 12.5. The van der Waals surface area contributed by atoms with Crippen molar-refractivity contribution in [3.63, 3.8) is 0 Å². The standard InChI is InChI=1S/C49H51N13O8S/c1-6-33-43(71-27(4)53-33)48(68)56-49-54-34-20-30(45(51)67)21-36(69-5)42(34)61(49)15-9-8-14-60-41-31(32-23-52-46(55-47(32)60)35-18-26(3)57-62(35)7-2)19-29(44(50)66)22-37(41)70-17-13-28-24-58(25-28)38(63)12-16-59-39(64)10-11-40(59)65/h8-11,18-23,28H,6-7,12-17,24-25H2,1-5H3,(H2,50,66)(H2,51,67)(H,54,56,68)/b9-8+. The Kier molecular flexibility index (Phi) is 13.2. The second kappa shape index (κ2) is 19.6. The van der Waals surface area contributed by atoms with Gasteiger partial charge in [-0.2, -0.15) is 5.10 Å². The van der Waals surface area contributed by atoms with Crippen molar-refractivity contribution in [2.75, 3.05) is 38.7 Å². The van der Waals surface area contributed by atoms with Crippen LogP contribution < -0.4 is 26.3 Å². The quantitative estimate of drug-likeness (QED) is 0.0733. The van der Waals surface area contributed by atoms with Crippen LogP contribution in [-0.4, -0.2) is 117 Å². The number of ether oxygens (including phenoxy) is 2. The monoisotopic (exact) mass is 981 g/mol. The summed E-state index contributed by atoms with van der Waals surface area (Å²) >= 11 is 1.29. The number of nitrogens with two attached hydrogens (primary N) is 2. The van der Waals surface area contributed by atoms with Gasteiger partial charge in [-0.1, -0.05) is 19.1 Å². The highest BCUT2D eigenvalue weighted by Crippen LogP contribution is 2.37. The number of amides is 6. The minimum absolute atomic E-state index is 0.0260. The van der Waals surface area contributed by atoms with Crippen LogP contribution in [-0.2, 0) is 40.4 Å². The Hall–Kier alpha value is -8.27. The van der Waals surface area contributed by atoms with Crippen molar-refractivity contribution < 1.29 is 38.2 Å². The predicted octanol–water partition coefficient (Wildman–Crippen LogP) is 4.71. The molecule has 1 fully saturated rings. The van der Waals surface area contributed by atoms with Crippen LogP contribution in [0.3, 0.4) is 0 Å². The Morgan fingerprint density at radius 2 is 1.58 bits per heavy atom. The molecule has 5 N–H and O–H groups in total. The first-order valence-electron chi connectivity index (χ1n) is 23.1. The van der Waals surface area contributed by atoms with E-state index in [2.05, 4.69) is 15.4 Å². The Morgan fingerprint density at radius 3 is 2.27 bits per heavy atom. The smallest absolute Gasteiger partial charge is 0.269 e. The van der Waals surface area contributed by atoms with Crippen molar-refractivity contribution in [3.8, 4) is 23.0 Å². The highest BCUT2D eigenvalue weighted by molar-refractivity contribution is 7.13. The molecule has 1 saturated heterocycles. The molecule has 71 heavy (non-hydrogen) atoms. The number of hydrogen-bond donors (Lipinski definition) is 3. The number of methoxy groups -OCH3 is 1. The van der Waals surface area contributed by atoms with Crippen LogP contribution in [0.1, 0.15) is 73.5 Å². The minimum atomic E-state index is -0.666. The maximum absolute atomic E-state index is 13.8. The second-order valence-corrected chi connectivity index (χ2v) is 18.4. The van der Waals surface area contributed by atoms with Crippen molar-refractivity contribution in [3.05, 3.63) is 93.2 Å². The molecule has 0 radical (unpaired) electrons. The predicted molar refractivity (Wildman–Crippen MR) is 264 cm³/mol. The van der Waals surface area contributed by atoms with E-state index in [1.54, 1.807) is 33.9 Å². The number of hydrogen-bond acceptors (Lipinski definition) is 14. The van der Waals surface area contributed by atoms with Crippen molar-refractivity contribution in [1.82, 2.24) is 48.7 Å². The highest BCUT2D eigenvalue weighted by atomic mass is 32.1. The summed E-state index contributed by atoms with van der Waals surface area (Å²) in [6.45, 7) is 9.95. The lowest BCUT2D eigenvalue weighted by Crippen LogP contribution is -2.51. The van der Waals surface area contributed by atoms with Crippen LogP contribution in [0, 0.1) is 19.8 Å². The molecule has 366 valence electrons. The molecule has 0 aliphatic carbocycles. The van der Waals surface area contributed by atoms with Gasteiger partial charge in [0.2, 0.25) is 23.7 Å². The first-order valence-corrected chi connectivity index (χ1v) is 23.9. The number of primary amides is 2. The van der Waals surface area contributed by atoms with Crippen LogP contribution in [0.15, 0.2) is 60.8 Å². The Balaban J connectivity index is 1.04. The lowest BCUT2D eigenvalue weighted by atomic mass is 9.96. The van der Waals surface area contributed by atoms with E-state index in [1.165, 1.54) is 36.7 Å². The fourth-order valence-corrected chi connectivity index (χ4v) is 9.90. The summed E-state index contributed by atoms with van der Waals surface area (Å²) in [4.78, 5) is 98.2. The van der Waals surface area contributed by atoms with Gasteiger partial charge in [0.25, 0.3) is 17.7 Å². The second-order valence-electron chi connectivity index (χ2n) is 17.2. The van der Waals surface area contributed by atoms with E-state index in [1.807, 2.05) is 55.2 Å². The van der Waals surface area contributed by atoms with Gasteiger partial charge in [-0.15, -0.1) is 11.3 Å². The number of carbonyl (C=O) groups excluding carboxylic acids is 6. The summed E-state index contributed by atoms with van der Waals surface area (Å²) in [6, 6.07) is 8.33. The van der Waals surface area contributed by atoms with Crippen LogP contribution >= 0.6 is 11.3 Å². The Labute approximate surface area is 410 Å². The van der Waals surface area contributed by atoms with Gasteiger partial charge >= 0.3 is 0 Å². The molecule has 6 amide bonds. The summed E-state index contributed by atoms with van der Waals surface area (Å²) < 4.78 is 17.9. The lowest BCUT2D eigenvalue weighted by Gasteiger charge is -2.39. The molecular formula is C49H51N13O8S. The molecule has 0 saturated carbocycles. The van der Waals surface area contributed by atoms with Crippen LogP contribution in [0.4, 0.5) is 5.95 Å². The van der Waals surface area contributed by atoms with Crippen molar-refractivity contribution in [2.24, 2.45) is 17.4 Å². The van der Waals surface area contributed by atoms with Crippen molar-refractivity contribution in [2.45, 2.75) is 66.6 Å². The molecule has 0 unspecified atom stereocenters. The summed E-state index contributed by atoms with van der Waals surface area (Å²) in [5.74, 6) is -1.17. The van der Waals surface area contributed by atoms with Gasteiger partial charge < -0.3 is 35.0 Å². The molecule has 0 spiro atoms. The van der Waals surface area contributed by atoms with Gasteiger partial charge in [-0.25, -0.2) is 19.9 Å². The topological polar surface area (TPSA) is 271 Å². The number of rotatable bonds is 19. The van der Waals surface area contributed by atoms with Crippen LogP contribution in [0.25, 0.3) is 44.5 Å². The molecule has 5 aromatic heterocycles. The fraction of sp³-hybridized carbons (Fsp3) is 0.327. The van der Waals surface area contributed by atoms with E-state index < -0.39 is 23.6 Å². The first kappa shape index (κ1) is 47.8. The molecule has 9 rings (SSSR count). The molecule has 2 aliphatic rings. The van der Waals surface area contributed by atoms with Crippen molar-refractivity contribution in [1.29, 1.82) is 0 Å². The third kappa shape index (κ3) is 9.32. The Morgan fingerprint density at radius 1 is 0.873 bits per heavy atom. The molecule has 21 nitrogen and oxygen atoms in total. The van der Waals surface area contributed by atoms with Crippen LogP contribution in [0.5, 0.6) is 11.5 Å². The number of anilines is 1. The fourth-order valence-electron chi connectivity index (χ4n) is 9.00. The number of carbonyl (C=O) groups is 6. The average molecular weight is 982 g/mol. The van der Waals surface area contributed by atoms with Gasteiger partial charge in [0.05, 0.1) is 41.1 Å². The zero-order valence-electron chi connectivity index (χ0n) is 39.7. The third-order valence-corrected chi connectivity index (χ3v) is 13.6. The molecule has 22 heteroatoms. The number of aromatic nitrogens is 8. The van der Waals surface area contributed by atoms with E-state index in [-0.39, 0.29) is 67.5 Å². The number of benzene rings is 2. The number of nitrogens with one attached hydrogen (secondary N) is 1. The maximum Gasteiger partial charge on any atom is 0.269 e. The molecule has 0 bridgehead atoms. The summed E-state index contributed by atoms with van der Waals surface area (Å²) in [7, 11) is 1.47. The van der Waals surface area contributed by atoms with Gasteiger partial charge in [-0.05, 0) is 69.9 Å². The maximum atomic E-state index is 13.8. The van der Waals surface area contributed by atoms with Gasteiger partial charge in [0.1, 0.15) is 33.2 Å². The van der Waals surface area contributed by atoms with Gasteiger partial charge in [-0.3, -0.25) is 43.7 Å². The largest absolute Gasteiger partial charge is 0.494 e. The highest BCUT2D eigenvalue weighted by Gasteiger charge is 2.32. The lowest BCUT2D eigenvalue weighted by molar-refractivity contribution is -0.140. The van der Waals surface area contributed by atoms with E-state index >= 15 is 0 Å². The number of fused-ring (bicyclic) bond motifs is 4. The summed E-state index contributed by atoms with van der Waals surface area (Å²) in [5.41, 5.74) is 16.3. The molecule has 2 aliphatic heterocycles. The van der Waals surface area contributed by atoms with Crippen LogP contribution in [0.2, 0.25) is 0 Å². The number of aryl methyl sites for hydroxylation is 4. The average Bonchev–Trinajstić information content (AvgIpc) is 4.15. The molecule has 0 atom stereocenters. The summed E-state index contributed by atoms with van der Waals surface area (Å²) in [6.07, 6.45) is 9.15. The van der Waals surface area contributed by atoms with Crippen molar-refractivity contribution >= 4 is 85.7 Å². The zero-order chi connectivity index (χ0) is 50.2. The molecule has 2 aromatic carbocycles. The SMILES string of the molecule is CCc1nc(C)sc1C(=O)Nc1nc2cc(C(N)=O)cc(OC)c2n1C/C=C/Cn1c2nc(-c3cc(C)nn3CC)ncc2c2cc(C(N)=O)cc(OCCC3CN(C(=O)CCN4C(=O)C=CC4=O)C3)c21. The number of likely N-dealkylation sites (tertiary alicyclic amines) is 1. The van der Waals surface area contributed by atoms with Gasteiger partial charge in [0, 0.05) is 85.9 Å². The van der Waals surface area contributed by atoms with E-state index in [4.69, 9.17) is 35.9 Å².